The number of hydrogen-bond acceptors (Lipinski definition) is 5. The molecule has 2 heterocycles. The normalized spacial score (nSPS) is 29.6. The summed E-state index contributed by atoms with van der Waals surface area (Å²) in [6, 6.07) is 16.2. The lowest BCUT2D eigenvalue weighted by Crippen LogP contribution is -2.54. The number of hydrogen-bond donors (Lipinski definition) is 1. The zero-order chi connectivity index (χ0) is 22.0. The third-order valence-electron chi connectivity index (χ3n) is 6.64. The lowest BCUT2D eigenvalue weighted by Gasteiger charge is -2.44. The Bertz CT molecular complexity index is 969. The van der Waals surface area contributed by atoms with Crippen LogP contribution in [0.1, 0.15) is 37.8 Å². The van der Waals surface area contributed by atoms with Crippen LogP contribution in [0.4, 0.5) is 4.79 Å². The Hall–Kier alpha value is -2.41. The van der Waals surface area contributed by atoms with Crippen LogP contribution in [-0.2, 0) is 14.2 Å². The van der Waals surface area contributed by atoms with Crippen molar-refractivity contribution >= 4 is 6.09 Å². The SMILES string of the molecule is COC(=O)N1C[C@@](OC(C)(C)C)(C2c3ccccc3-c3ccccc32)[C@H]2OC[C@H](O)[C@H]21. The number of carbonyl (C=O) groups is 1. The van der Waals surface area contributed by atoms with Gasteiger partial charge in [0.1, 0.15) is 17.8 Å². The van der Waals surface area contributed by atoms with Gasteiger partial charge in [-0.3, -0.25) is 4.90 Å². The van der Waals surface area contributed by atoms with Crippen molar-refractivity contribution in [2.24, 2.45) is 0 Å². The highest BCUT2D eigenvalue weighted by Gasteiger charge is 2.66. The van der Waals surface area contributed by atoms with E-state index in [4.69, 9.17) is 14.2 Å². The van der Waals surface area contributed by atoms with Gasteiger partial charge < -0.3 is 19.3 Å². The summed E-state index contributed by atoms with van der Waals surface area (Å²) >= 11 is 0. The van der Waals surface area contributed by atoms with Gasteiger partial charge in [0.2, 0.25) is 0 Å². The van der Waals surface area contributed by atoms with E-state index in [1.807, 2.05) is 45.0 Å². The zero-order valence-corrected chi connectivity index (χ0v) is 18.4. The van der Waals surface area contributed by atoms with E-state index in [1.54, 1.807) is 4.90 Å². The van der Waals surface area contributed by atoms with Crippen molar-refractivity contribution in [2.45, 2.75) is 56.1 Å². The molecule has 0 bridgehead atoms. The summed E-state index contributed by atoms with van der Waals surface area (Å²) in [5.74, 6) is -0.147. The summed E-state index contributed by atoms with van der Waals surface area (Å²) < 4.78 is 18.2. The van der Waals surface area contributed by atoms with Crippen molar-refractivity contribution in [3.8, 4) is 11.1 Å². The first-order chi connectivity index (χ1) is 14.8. The van der Waals surface area contributed by atoms with Gasteiger partial charge in [0.15, 0.2) is 0 Å². The lowest BCUT2D eigenvalue weighted by atomic mass is 9.76. The molecule has 0 radical (unpaired) electrons. The third kappa shape index (κ3) is 3.00. The highest BCUT2D eigenvalue weighted by molar-refractivity contribution is 5.80. The topological polar surface area (TPSA) is 68.2 Å². The number of fused-ring (bicyclic) bond motifs is 4. The first kappa shape index (κ1) is 20.5. The molecular formula is C25H29NO5. The Kier molecular flexibility index (Phi) is 4.66. The molecule has 31 heavy (non-hydrogen) atoms. The van der Waals surface area contributed by atoms with Gasteiger partial charge in [-0.1, -0.05) is 48.5 Å². The average molecular weight is 424 g/mol. The second kappa shape index (κ2) is 7.05. The lowest BCUT2D eigenvalue weighted by molar-refractivity contribution is -0.178. The van der Waals surface area contributed by atoms with E-state index in [-0.39, 0.29) is 19.1 Å². The molecule has 0 saturated carbocycles. The van der Waals surface area contributed by atoms with Crippen molar-refractivity contribution in [2.75, 3.05) is 20.3 Å². The van der Waals surface area contributed by atoms with E-state index in [1.165, 1.54) is 18.2 Å². The molecule has 6 nitrogen and oxygen atoms in total. The van der Waals surface area contributed by atoms with Gasteiger partial charge in [0.25, 0.3) is 0 Å². The molecule has 6 heteroatoms. The quantitative estimate of drug-likeness (QED) is 0.800. The monoisotopic (exact) mass is 423 g/mol. The van der Waals surface area contributed by atoms with Crippen molar-refractivity contribution in [3.05, 3.63) is 59.7 Å². The molecule has 1 aliphatic carbocycles. The van der Waals surface area contributed by atoms with Crippen LogP contribution in [-0.4, -0.2) is 65.8 Å². The molecule has 2 saturated heterocycles. The molecule has 2 aromatic carbocycles. The molecule has 0 spiro atoms. The van der Waals surface area contributed by atoms with E-state index in [0.29, 0.717) is 0 Å². The van der Waals surface area contributed by atoms with Crippen LogP contribution in [0.15, 0.2) is 48.5 Å². The second-order valence-electron chi connectivity index (χ2n) is 9.69. The van der Waals surface area contributed by atoms with Crippen LogP contribution in [0.3, 0.4) is 0 Å². The molecule has 0 aromatic heterocycles. The molecule has 164 valence electrons. The van der Waals surface area contributed by atoms with Gasteiger partial charge in [0.05, 0.1) is 31.9 Å². The Morgan fingerprint density at radius 1 is 1.10 bits per heavy atom. The Morgan fingerprint density at radius 2 is 1.68 bits per heavy atom. The molecule has 1 amide bonds. The fourth-order valence-electron chi connectivity index (χ4n) is 5.82. The number of aliphatic hydroxyl groups excluding tert-OH is 1. The van der Waals surface area contributed by atoms with Crippen molar-refractivity contribution < 1.29 is 24.1 Å². The molecule has 3 aliphatic rings. The first-order valence-electron chi connectivity index (χ1n) is 10.8. The fraction of sp³-hybridized carbons (Fsp3) is 0.480. The number of carbonyl (C=O) groups excluding carboxylic acids is 1. The highest BCUT2D eigenvalue weighted by Crippen LogP contribution is 2.57. The van der Waals surface area contributed by atoms with Crippen molar-refractivity contribution in [1.29, 1.82) is 0 Å². The molecular weight excluding hydrogens is 394 g/mol. The van der Waals surface area contributed by atoms with Crippen LogP contribution in [0.5, 0.6) is 0 Å². The third-order valence-corrected chi connectivity index (χ3v) is 6.64. The number of likely N-dealkylation sites (tertiary alicyclic amines) is 1. The molecule has 0 unspecified atom stereocenters. The minimum Gasteiger partial charge on any atom is -0.453 e. The predicted molar refractivity (Wildman–Crippen MR) is 116 cm³/mol. The van der Waals surface area contributed by atoms with Gasteiger partial charge in [-0.2, -0.15) is 0 Å². The molecule has 5 rings (SSSR count). The second-order valence-corrected chi connectivity index (χ2v) is 9.69. The number of rotatable bonds is 2. The molecule has 4 atom stereocenters. The maximum Gasteiger partial charge on any atom is 0.410 e. The molecule has 1 N–H and O–H groups in total. The van der Waals surface area contributed by atoms with Crippen LogP contribution in [0, 0.1) is 0 Å². The predicted octanol–water partition coefficient (Wildman–Crippen LogP) is 3.56. The van der Waals surface area contributed by atoms with Gasteiger partial charge in [-0.15, -0.1) is 0 Å². The van der Waals surface area contributed by atoms with Gasteiger partial charge in [-0.25, -0.2) is 4.79 Å². The Labute approximate surface area is 182 Å². The molecule has 2 fully saturated rings. The number of benzene rings is 2. The number of amides is 1. The smallest absolute Gasteiger partial charge is 0.410 e. The van der Waals surface area contributed by atoms with Gasteiger partial charge >= 0.3 is 6.09 Å². The number of aliphatic hydroxyl groups is 1. The summed E-state index contributed by atoms with van der Waals surface area (Å²) in [6.45, 7) is 6.48. The summed E-state index contributed by atoms with van der Waals surface area (Å²) in [6.07, 6.45) is -1.75. The standard InChI is InChI=1S/C25H29NO5/c1-24(2,3)31-25(14-26(23(28)29-4)21-19(27)13-30-22(21)25)20-17-11-7-5-9-15(17)16-10-6-8-12-18(16)20/h5-12,19-22,27H,13-14H2,1-4H3/t19-,21+,22-,25+/m0/s1. The van der Waals surface area contributed by atoms with Crippen molar-refractivity contribution in [3.63, 3.8) is 0 Å². The number of methoxy groups -OCH3 is 1. The van der Waals surface area contributed by atoms with Gasteiger partial charge in [0, 0.05) is 5.92 Å². The molecule has 2 aliphatic heterocycles. The Morgan fingerprint density at radius 3 is 2.23 bits per heavy atom. The summed E-state index contributed by atoms with van der Waals surface area (Å²) in [4.78, 5) is 14.3. The van der Waals surface area contributed by atoms with E-state index < -0.39 is 35.5 Å². The summed E-state index contributed by atoms with van der Waals surface area (Å²) in [5, 5.41) is 10.7. The van der Waals surface area contributed by atoms with Crippen LogP contribution < -0.4 is 0 Å². The first-order valence-corrected chi connectivity index (χ1v) is 10.8. The summed E-state index contributed by atoms with van der Waals surface area (Å²) in [7, 11) is 1.37. The Balaban J connectivity index is 1.74. The summed E-state index contributed by atoms with van der Waals surface area (Å²) in [5.41, 5.74) is 3.28. The maximum absolute atomic E-state index is 12.7. The van der Waals surface area contributed by atoms with Crippen LogP contribution in [0.2, 0.25) is 0 Å². The van der Waals surface area contributed by atoms with Crippen molar-refractivity contribution in [1.82, 2.24) is 4.90 Å². The fourth-order valence-corrected chi connectivity index (χ4v) is 5.82. The van der Waals surface area contributed by atoms with Gasteiger partial charge in [-0.05, 0) is 43.0 Å². The number of nitrogens with zero attached hydrogens (tertiary/aromatic N) is 1. The maximum atomic E-state index is 12.7. The highest BCUT2D eigenvalue weighted by atomic mass is 16.6. The minimum atomic E-state index is -0.878. The zero-order valence-electron chi connectivity index (χ0n) is 18.4. The van der Waals surface area contributed by atoms with Crippen LogP contribution in [0.25, 0.3) is 11.1 Å². The average Bonchev–Trinajstić information content (AvgIpc) is 3.38. The van der Waals surface area contributed by atoms with Crippen LogP contribution >= 0.6 is 0 Å². The van der Waals surface area contributed by atoms with E-state index in [2.05, 4.69) is 24.3 Å². The van der Waals surface area contributed by atoms with E-state index in [9.17, 15) is 9.90 Å². The minimum absolute atomic E-state index is 0.147. The van der Waals surface area contributed by atoms with E-state index >= 15 is 0 Å². The molecule has 2 aromatic rings. The van der Waals surface area contributed by atoms with E-state index in [0.717, 1.165) is 11.1 Å². The number of ether oxygens (including phenoxy) is 3. The largest absolute Gasteiger partial charge is 0.453 e.